The Hall–Kier alpha value is -4.45. The van der Waals surface area contributed by atoms with E-state index < -0.39 is 23.9 Å². The number of esters is 1. The highest BCUT2D eigenvalue weighted by Gasteiger charge is 2.32. The van der Waals surface area contributed by atoms with E-state index in [0.717, 1.165) is 0 Å². The summed E-state index contributed by atoms with van der Waals surface area (Å²) in [6, 6.07) is 6.97. The third-order valence-electron chi connectivity index (χ3n) is 5.73. The number of rotatable bonds is 13. The summed E-state index contributed by atoms with van der Waals surface area (Å²) in [6.45, 7) is 9.17. The van der Waals surface area contributed by atoms with Gasteiger partial charge < -0.3 is 34.3 Å². The predicted octanol–water partition coefficient (Wildman–Crippen LogP) is 4.25. The molecule has 1 aliphatic heterocycles. The zero-order valence-corrected chi connectivity index (χ0v) is 25.1. The lowest BCUT2D eigenvalue weighted by atomic mass is 9.95. The fourth-order valence-corrected chi connectivity index (χ4v) is 4.30. The van der Waals surface area contributed by atoms with Gasteiger partial charge in [-0.3, -0.25) is 4.79 Å². The highest BCUT2D eigenvalue weighted by Crippen LogP contribution is 2.37. The van der Waals surface area contributed by atoms with Crippen molar-refractivity contribution in [3.8, 4) is 23.0 Å². The van der Waals surface area contributed by atoms with Crippen molar-refractivity contribution >= 4 is 35.7 Å². The molecule has 3 amide bonds. The van der Waals surface area contributed by atoms with Crippen molar-refractivity contribution < 1.29 is 38.1 Å². The Balaban J connectivity index is 1.68. The molecule has 0 unspecified atom stereocenters. The molecule has 226 valence electrons. The number of allylic oxidation sites excluding steroid dienone is 1. The molecular weight excluding hydrogens is 568 g/mol. The van der Waals surface area contributed by atoms with E-state index >= 15 is 0 Å². The summed E-state index contributed by atoms with van der Waals surface area (Å²) in [6.07, 6.45) is 1.33. The summed E-state index contributed by atoms with van der Waals surface area (Å²) in [5, 5.41) is 9.64. The number of hydrazone groups is 1. The molecule has 1 atom stereocenters. The van der Waals surface area contributed by atoms with Crippen LogP contribution in [0.3, 0.4) is 0 Å². The van der Waals surface area contributed by atoms with Crippen LogP contribution in [0.2, 0.25) is 5.02 Å². The first-order valence-electron chi connectivity index (χ1n) is 13.3. The van der Waals surface area contributed by atoms with Gasteiger partial charge in [-0.15, -0.1) is 0 Å². The number of nitrogens with one attached hydrogen (secondary N) is 3. The van der Waals surface area contributed by atoms with E-state index in [1.165, 1.54) is 13.3 Å². The molecule has 13 heteroatoms. The van der Waals surface area contributed by atoms with E-state index in [4.69, 9.17) is 35.3 Å². The van der Waals surface area contributed by atoms with Crippen LogP contribution in [0.25, 0.3) is 0 Å². The Morgan fingerprint density at radius 1 is 1.10 bits per heavy atom. The number of amides is 3. The predicted molar refractivity (Wildman–Crippen MR) is 156 cm³/mol. The molecule has 0 bridgehead atoms. The van der Waals surface area contributed by atoms with Gasteiger partial charge in [-0.05, 0) is 70.0 Å². The number of ether oxygens (including phenoxy) is 5. The molecule has 0 aliphatic carbocycles. The number of hydrogen-bond donors (Lipinski definition) is 3. The van der Waals surface area contributed by atoms with Gasteiger partial charge in [0.1, 0.15) is 0 Å². The number of urea groups is 1. The number of benzene rings is 2. The lowest BCUT2D eigenvalue weighted by Crippen LogP contribution is -2.45. The normalized spacial score (nSPS) is 14.8. The van der Waals surface area contributed by atoms with Crippen molar-refractivity contribution in [3.05, 3.63) is 57.8 Å². The van der Waals surface area contributed by atoms with Gasteiger partial charge in [0.05, 0.1) is 49.3 Å². The van der Waals surface area contributed by atoms with E-state index in [1.807, 2.05) is 20.8 Å². The van der Waals surface area contributed by atoms with Crippen LogP contribution in [0, 0.1) is 0 Å². The maximum atomic E-state index is 12.6. The van der Waals surface area contributed by atoms with Crippen LogP contribution in [-0.4, -0.2) is 57.2 Å². The minimum absolute atomic E-state index is 0.0936. The van der Waals surface area contributed by atoms with Gasteiger partial charge in [0.25, 0.3) is 5.91 Å². The zero-order chi connectivity index (χ0) is 30.8. The lowest BCUT2D eigenvalue weighted by molar-refractivity contribution is -0.139. The van der Waals surface area contributed by atoms with Crippen molar-refractivity contribution in [2.75, 3.05) is 26.9 Å². The molecule has 42 heavy (non-hydrogen) atoms. The molecule has 2 aromatic rings. The molecule has 2 aromatic carbocycles. The number of carbonyl (C=O) groups is 3. The second kappa shape index (κ2) is 15.0. The molecule has 0 aromatic heterocycles. The average molecular weight is 603 g/mol. The number of nitrogens with zero attached hydrogens (tertiary/aromatic N) is 1. The van der Waals surface area contributed by atoms with Crippen LogP contribution < -0.4 is 35.0 Å². The summed E-state index contributed by atoms with van der Waals surface area (Å²) >= 11 is 6.38. The Kier molecular flexibility index (Phi) is 11.4. The Labute approximate surface area is 249 Å². The highest BCUT2D eigenvalue weighted by atomic mass is 35.5. The third kappa shape index (κ3) is 8.29. The molecule has 1 heterocycles. The number of methoxy groups -OCH3 is 1. The standard InChI is InChI=1S/C29H35ClN4O8/c1-7-39-23-12-18(11-20(30)27(23)42-16(3)4)14-31-34-24(35)15-41-21-10-9-19(13-22(21)38-6)26-25(28(36)40-8-2)17(5)32-29(37)33-26/h9-14,16,26H,7-8,15H2,1-6H3,(H,34,35)(H2,32,33,37)/b31-14+/t26-/m0/s1. The molecule has 0 spiro atoms. The molecule has 3 N–H and O–H groups in total. The van der Waals surface area contributed by atoms with Crippen LogP contribution in [-0.2, 0) is 14.3 Å². The second-order valence-corrected chi connectivity index (χ2v) is 9.62. The van der Waals surface area contributed by atoms with Crippen LogP contribution in [0.5, 0.6) is 23.0 Å². The maximum Gasteiger partial charge on any atom is 0.338 e. The van der Waals surface area contributed by atoms with E-state index in [2.05, 4.69) is 21.2 Å². The van der Waals surface area contributed by atoms with E-state index in [1.54, 1.807) is 44.2 Å². The van der Waals surface area contributed by atoms with Crippen LogP contribution in [0.1, 0.15) is 51.8 Å². The van der Waals surface area contributed by atoms with Crippen molar-refractivity contribution in [2.45, 2.75) is 46.8 Å². The topological polar surface area (TPSA) is 146 Å². The van der Waals surface area contributed by atoms with Crippen LogP contribution >= 0.6 is 11.6 Å². The number of halogens is 1. The molecule has 12 nitrogen and oxygen atoms in total. The van der Waals surface area contributed by atoms with E-state index in [-0.39, 0.29) is 30.6 Å². The SMILES string of the molecule is CCOC(=O)C1=C(C)NC(=O)N[C@H]1c1ccc(OCC(=O)N/N=C/c2cc(Cl)c(OC(C)C)c(OCC)c2)c(OC)c1. The fourth-order valence-electron chi connectivity index (χ4n) is 4.04. The zero-order valence-electron chi connectivity index (χ0n) is 24.3. The van der Waals surface area contributed by atoms with E-state index in [0.29, 0.717) is 45.7 Å². The summed E-state index contributed by atoms with van der Waals surface area (Å²) in [5.74, 6) is 0.387. The number of hydrogen-bond acceptors (Lipinski definition) is 9. The summed E-state index contributed by atoms with van der Waals surface area (Å²) in [5.41, 5.74) is 4.19. The lowest BCUT2D eigenvalue weighted by Gasteiger charge is -2.28. The summed E-state index contributed by atoms with van der Waals surface area (Å²) in [4.78, 5) is 37.1. The van der Waals surface area contributed by atoms with Crippen molar-refractivity contribution in [1.29, 1.82) is 0 Å². The van der Waals surface area contributed by atoms with Crippen LogP contribution in [0.4, 0.5) is 4.79 Å². The molecule has 0 fully saturated rings. The first kappa shape index (κ1) is 32.1. The second-order valence-electron chi connectivity index (χ2n) is 9.21. The van der Waals surface area contributed by atoms with Gasteiger partial charge in [-0.1, -0.05) is 17.7 Å². The quantitative estimate of drug-likeness (QED) is 0.175. The van der Waals surface area contributed by atoms with Gasteiger partial charge in [0.2, 0.25) is 0 Å². The Morgan fingerprint density at radius 2 is 1.86 bits per heavy atom. The summed E-state index contributed by atoms with van der Waals surface area (Å²) < 4.78 is 27.6. The van der Waals surface area contributed by atoms with Gasteiger partial charge in [-0.25, -0.2) is 15.0 Å². The van der Waals surface area contributed by atoms with Gasteiger partial charge in [0.15, 0.2) is 29.6 Å². The first-order chi connectivity index (χ1) is 20.1. The molecule has 0 radical (unpaired) electrons. The Morgan fingerprint density at radius 3 is 2.52 bits per heavy atom. The van der Waals surface area contributed by atoms with E-state index in [9.17, 15) is 14.4 Å². The summed E-state index contributed by atoms with van der Waals surface area (Å²) in [7, 11) is 1.43. The molecule has 1 aliphatic rings. The maximum absolute atomic E-state index is 12.6. The smallest absolute Gasteiger partial charge is 0.338 e. The molecule has 3 rings (SSSR count). The third-order valence-corrected chi connectivity index (χ3v) is 6.01. The van der Waals surface area contributed by atoms with Gasteiger partial charge >= 0.3 is 12.0 Å². The highest BCUT2D eigenvalue weighted by molar-refractivity contribution is 6.32. The van der Waals surface area contributed by atoms with Crippen LogP contribution in [0.15, 0.2) is 46.7 Å². The minimum atomic E-state index is -0.777. The van der Waals surface area contributed by atoms with Gasteiger partial charge in [-0.2, -0.15) is 5.10 Å². The fraction of sp³-hybridized carbons (Fsp3) is 0.379. The van der Waals surface area contributed by atoms with Crippen molar-refractivity contribution in [1.82, 2.24) is 16.1 Å². The molecule has 0 saturated heterocycles. The van der Waals surface area contributed by atoms with Crippen molar-refractivity contribution in [2.24, 2.45) is 5.10 Å². The van der Waals surface area contributed by atoms with Crippen molar-refractivity contribution in [3.63, 3.8) is 0 Å². The monoisotopic (exact) mass is 602 g/mol. The Bertz CT molecular complexity index is 1380. The molecule has 0 saturated carbocycles. The van der Waals surface area contributed by atoms with Gasteiger partial charge in [0, 0.05) is 5.70 Å². The first-order valence-corrected chi connectivity index (χ1v) is 13.7. The number of carbonyl (C=O) groups excluding carboxylic acids is 3. The minimum Gasteiger partial charge on any atom is -0.493 e. The largest absolute Gasteiger partial charge is 0.493 e. The molecular formula is C29H35ClN4O8. The average Bonchev–Trinajstić information content (AvgIpc) is 2.93.